The Morgan fingerprint density at radius 1 is 1.25 bits per heavy atom. The monoisotopic (exact) mass is 454 g/mol. The second-order valence-corrected chi connectivity index (χ2v) is 5.53. The summed E-state index contributed by atoms with van der Waals surface area (Å²) in [5.41, 5.74) is 2.69. The van der Waals surface area contributed by atoms with E-state index in [0.717, 1.165) is 16.1 Å². The molecule has 2 aromatic carbocycles. The van der Waals surface area contributed by atoms with Crippen LogP contribution in [0.1, 0.15) is 29.7 Å². The molecule has 2 aromatic rings. The highest BCUT2D eigenvalue weighted by Gasteiger charge is 2.10. The van der Waals surface area contributed by atoms with E-state index in [1.807, 2.05) is 49.4 Å². The summed E-state index contributed by atoms with van der Waals surface area (Å²) in [5.74, 6) is 0.680. The number of aliphatic imine (C=N–C) groups is 1. The molecule has 0 heterocycles. The predicted octanol–water partition coefficient (Wildman–Crippen LogP) is 4.26. The van der Waals surface area contributed by atoms with Gasteiger partial charge in [0.1, 0.15) is 0 Å². The minimum absolute atomic E-state index is 0. The van der Waals surface area contributed by atoms with Crippen molar-refractivity contribution in [2.24, 2.45) is 4.99 Å². The Labute approximate surface area is 165 Å². The molecule has 0 saturated heterocycles. The smallest absolute Gasteiger partial charge is 0.191 e. The maximum absolute atomic E-state index is 8.94. The minimum Gasteiger partial charge on any atom is -0.352 e. The van der Waals surface area contributed by atoms with Crippen LogP contribution in [0.3, 0.4) is 0 Å². The van der Waals surface area contributed by atoms with Crippen molar-refractivity contribution in [3.8, 4) is 6.07 Å². The fourth-order valence-corrected chi connectivity index (χ4v) is 2.54. The summed E-state index contributed by atoms with van der Waals surface area (Å²) < 4.78 is 0. The van der Waals surface area contributed by atoms with Crippen LogP contribution in [0.5, 0.6) is 0 Å². The third-order valence-corrected chi connectivity index (χ3v) is 3.81. The summed E-state index contributed by atoms with van der Waals surface area (Å²) in [6.45, 7) is 2.62. The first-order valence-electron chi connectivity index (χ1n) is 7.34. The number of nitriles is 1. The van der Waals surface area contributed by atoms with Crippen LogP contribution in [0.2, 0.25) is 5.02 Å². The van der Waals surface area contributed by atoms with Gasteiger partial charge in [0.2, 0.25) is 0 Å². The highest BCUT2D eigenvalue weighted by molar-refractivity contribution is 14.0. The number of hydrogen-bond donors (Lipinski definition) is 2. The van der Waals surface area contributed by atoms with E-state index in [1.165, 1.54) is 0 Å². The SMILES string of the molecule is CN=C(NCc1cccc(C#N)c1)NC(C)c1ccccc1Cl.I. The zero-order valence-electron chi connectivity index (χ0n) is 13.6. The molecule has 1 atom stereocenters. The van der Waals surface area contributed by atoms with Crippen molar-refractivity contribution in [2.75, 3.05) is 7.05 Å². The number of rotatable bonds is 4. The van der Waals surface area contributed by atoms with Gasteiger partial charge in [-0.1, -0.05) is 41.9 Å². The van der Waals surface area contributed by atoms with E-state index in [2.05, 4.69) is 21.7 Å². The molecule has 0 aliphatic heterocycles. The lowest BCUT2D eigenvalue weighted by molar-refractivity contribution is 0.685. The van der Waals surface area contributed by atoms with Gasteiger partial charge in [0, 0.05) is 18.6 Å². The zero-order valence-corrected chi connectivity index (χ0v) is 16.7. The quantitative estimate of drug-likeness (QED) is 0.412. The molecule has 0 aliphatic carbocycles. The number of halogens is 2. The molecule has 0 aliphatic rings. The lowest BCUT2D eigenvalue weighted by Gasteiger charge is -2.19. The van der Waals surface area contributed by atoms with E-state index in [9.17, 15) is 0 Å². The number of nitrogens with zero attached hydrogens (tertiary/aromatic N) is 2. The summed E-state index contributed by atoms with van der Waals surface area (Å²) in [7, 11) is 1.72. The number of nitrogens with one attached hydrogen (secondary N) is 2. The standard InChI is InChI=1S/C18H19ClN4.HI/c1-13(16-8-3-4-9-17(16)19)23-18(21-2)22-12-15-7-5-6-14(10-15)11-20;/h3-10,13H,12H2,1-2H3,(H2,21,22,23);1H. The van der Waals surface area contributed by atoms with Crippen LogP contribution in [0.25, 0.3) is 0 Å². The van der Waals surface area contributed by atoms with Gasteiger partial charge in [-0.3, -0.25) is 4.99 Å². The van der Waals surface area contributed by atoms with E-state index >= 15 is 0 Å². The molecule has 0 bridgehead atoms. The van der Waals surface area contributed by atoms with Crippen LogP contribution in [0.15, 0.2) is 53.5 Å². The van der Waals surface area contributed by atoms with Gasteiger partial charge in [0.15, 0.2) is 5.96 Å². The van der Waals surface area contributed by atoms with Gasteiger partial charge in [0.25, 0.3) is 0 Å². The Balaban J connectivity index is 0.00000288. The molecule has 0 spiro atoms. The summed E-state index contributed by atoms with van der Waals surface area (Å²) >= 11 is 6.22. The van der Waals surface area contributed by atoms with Crippen molar-refractivity contribution >= 4 is 41.5 Å². The maximum atomic E-state index is 8.94. The largest absolute Gasteiger partial charge is 0.352 e. The third kappa shape index (κ3) is 5.69. The number of hydrogen-bond acceptors (Lipinski definition) is 2. The molecule has 126 valence electrons. The van der Waals surface area contributed by atoms with Crippen molar-refractivity contribution in [2.45, 2.75) is 19.5 Å². The normalized spacial score (nSPS) is 11.8. The van der Waals surface area contributed by atoms with Gasteiger partial charge in [-0.05, 0) is 36.2 Å². The van der Waals surface area contributed by atoms with Crippen LogP contribution in [0.4, 0.5) is 0 Å². The van der Waals surface area contributed by atoms with Gasteiger partial charge in [0.05, 0.1) is 17.7 Å². The maximum Gasteiger partial charge on any atom is 0.191 e. The van der Waals surface area contributed by atoms with Gasteiger partial charge in [-0.2, -0.15) is 5.26 Å². The second-order valence-electron chi connectivity index (χ2n) is 5.13. The van der Waals surface area contributed by atoms with Gasteiger partial charge in [-0.25, -0.2) is 0 Å². The van der Waals surface area contributed by atoms with Crippen molar-refractivity contribution in [3.05, 3.63) is 70.2 Å². The Kier molecular flexibility index (Phi) is 8.58. The molecule has 0 saturated carbocycles. The van der Waals surface area contributed by atoms with Gasteiger partial charge in [-0.15, -0.1) is 24.0 Å². The van der Waals surface area contributed by atoms with E-state index in [0.29, 0.717) is 18.1 Å². The number of benzene rings is 2. The van der Waals surface area contributed by atoms with Crippen LogP contribution >= 0.6 is 35.6 Å². The molecule has 4 nitrogen and oxygen atoms in total. The Morgan fingerprint density at radius 2 is 2.00 bits per heavy atom. The van der Waals surface area contributed by atoms with Crippen LogP contribution in [-0.2, 0) is 6.54 Å². The molecule has 2 rings (SSSR count). The summed E-state index contributed by atoms with van der Waals surface area (Å²) in [6.07, 6.45) is 0. The Morgan fingerprint density at radius 3 is 2.67 bits per heavy atom. The van der Waals surface area contributed by atoms with Crippen molar-refractivity contribution in [3.63, 3.8) is 0 Å². The molecule has 24 heavy (non-hydrogen) atoms. The fourth-order valence-electron chi connectivity index (χ4n) is 2.24. The molecule has 2 N–H and O–H groups in total. The second kappa shape index (κ2) is 10.2. The average molecular weight is 455 g/mol. The first kappa shape index (κ1) is 20.3. The van der Waals surface area contributed by atoms with E-state index in [4.69, 9.17) is 16.9 Å². The summed E-state index contributed by atoms with van der Waals surface area (Å²) in [6, 6.07) is 17.4. The molecular formula is C18H20ClIN4. The molecule has 0 amide bonds. The highest BCUT2D eigenvalue weighted by Crippen LogP contribution is 2.21. The predicted molar refractivity (Wildman–Crippen MR) is 110 cm³/mol. The highest BCUT2D eigenvalue weighted by atomic mass is 127. The lowest BCUT2D eigenvalue weighted by Crippen LogP contribution is -2.38. The topological polar surface area (TPSA) is 60.2 Å². The van der Waals surface area contributed by atoms with Crippen molar-refractivity contribution < 1.29 is 0 Å². The lowest BCUT2D eigenvalue weighted by atomic mass is 10.1. The molecule has 1 unspecified atom stereocenters. The van der Waals surface area contributed by atoms with Crippen LogP contribution in [-0.4, -0.2) is 13.0 Å². The Hall–Kier alpha value is -1.78. The Bertz CT molecular complexity index is 740. The number of guanidine groups is 1. The third-order valence-electron chi connectivity index (χ3n) is 3.46. The molecule has 0 aromatic heterocycles. The average Bonchev–Trinajstić information content (AvgIpc) is 2.59. The van der Waals surface area contributed by atoms with Crippen LogP contribution < -0.4 is 10.6 Å². The summed E-state index contributed by atoms with van der Waals surface area (Å²) in [4.78, 5) is 4.23. The molecule has 0 radical (unpaired) electrons. The zero-order chi connectivity index (χ0) is 16.7. The van der Waals surface area contributed by atoms with Crippen LogP contribution in [0, 0.1) is 11.3 Å². The minimum atomic E-state index is 0. The fraction of sp³-hybridized carbons (Fsp3) is 0.222. The summed E-state index contributed by atoms with van der Waals surface area (Å²) in [5, 5.41) is 16.2. The van der Waals surface area contributed by atoms with Crippen molar-refractivity contribution in [1.82, 2.24) is 10.6 Å². The molecule has 6 heteroatoms. The molecular weight excluding hydrogens is 435 g/mol. The van der Waals surface area contributed by atoms with E-state index in [1.54, 1.807) is 13.1 Å². The van der Waals surface area contributed by atoms with E-state index in [-0.39, 0.29) is 30.0 Å². The molecule has 0 fully saturated rings. The van der Waals surface area contributed by atoms with Crippen molar-refractivity contribution in [1.29, 1.82) is 5.26 Å². The van der Waals surface area contributed by atoms with Gasteiger partial charge >= 0.3 is 0 Å². The van der Waals surface area contributed by atoms with E-state index < -0.39 is 0 Å². The first-order chi connectivity index (χ1) is 11.1. The van der Waals surface area contributed by atoms with Gasteiger partial charge < -0.3 is 10.6 Å². The first-order valence-corrected chi connectivity index (χ1v) is 7.72.